The first kappa shape index (κ1) is 14.4. The fourth-order valence-electron chi connectivity index (χ4n) is 1.78. The van der Waals surface area contributed by atoms with Gasteiger partial charge in [-0.3, -0.25) is 4.79 Å². The highest BCUT2D eigenvalue weighted by Gasteiger charge is 2.03. The summed E-state index contributed by atoms with van der Waals surface area (Å²) in [5.41, 5.74) is 1.50. The Bertz CT molecular complexity index is 615. The number of hydrogen-bond donors (Lipinski definition) is 0. The molecule has 0 N–H and O–H groups in total. The summed E-state index contributed by atoms with van der Waals surface area (Å²) in [4.78, 5) is 12.0. The zero-order valence-electron chi connectivity index (χ0n) is 11.2. The van der Waals surface area contributed by atoms with Gasteiger partial charge in [-0.1, -0.05) is 29.8 Å². The lowest BCUT2D eigenvalue weighted by Crippen LogP contribution is -1.95. The minimum absolute atomic E-state index is 0.0621. The van der Waals surface area contributed by atoms with E-state index < -0.39 is 0 Å². The second-order valence-electron chi connectivity index (χ2n) is 4.18. The molecule has 3 heteroatoms. The number of allylic oxidation sites excluding steroid dienone is 1. The molecule has 20 heavy (non-hydrogen) atoms. The number of para-hydroxylation sites is 1. The molecule has 0 aliphatic heterocycles. The van der Waals surface area contributed by atoms with Crippen molar-refractivity contribution in [3.8, 4) is 5.75 Å². The van der Waals surface area contributed by atoms with Crippen molar-refractivity contribution < 1.29 is 9.53 Å². The van der Waals surface area contributed by atoms with Crippen LogP contribution in [0.4, 0.5) is 0 Å². The first-order valence-corrected chi connectivity index (χ1v) is 6.78. The third kappa shape index (κ3) is 3.72. The smallest absolute Gasteiger partial charge is 0.185 e. The summed E-state index contributed by atoms with van der Waals surface area (Å²) in [6.07, 6.45) is 3.31. The summed E-state index contributed by atoms with van der Waals surface area (Å²) in [6.45, 7) is 2.52. The summed E-state index contributed by atoms with van der Waals surface area (Å²) in [5, 5.41) is 0.618. The molecular formula is C17H15ClO2. The first-order chi connectivity index (χ1) is 9.70. The van der Waals surface area contributed by atoms with Gasteiger partial charge < -0.3 is 4.74 Å². The Morgan fingerprint density at radius 3 is 2.55 bits per heavy atom. The predicted octanol–water partition coefficient (Wildman–Crippen LogP) is 4.63. The third-order valence-electron chi connectivity index (χ3n) is 2.76. The van der Waals surface area contributed by atoms with E-state index in [-0.39, 0.29) is 5.78 Å². The maximum atomic E-state index is 12.0. The van der Waals surface area contributed by atoms with Crippen LogP contribution >= 0.6 is 11.6 Å². The van der Waals surface area contributed by atoms with Crippen LogP contribution in [-0.2, 0) is 0 Å². The van der Waals surface area contributed by atoms with Gasteiger partial charge in [0, 0.05) is 16.1 Å². The molecule has 0 aliphatic rings. The average Bonchev–Trinajstić information content (AvgIpc) is 2.47. The summed E-state index contributed by atoms with van der Waals surface area (Å²) in [5.74, 6) is 0.711. The molecule has 0 unspecified atom stereocenters. The molecule has 0 spiro atoms. The largest absolute Gasteiger partial charge is 0.493 e. The standard InChI is InChI=1S/C17H15ClO2/c1-2-20-17-6-4-3-5-14(17)9-12-16(19)13-7-10-15(18)11-8-13/h3-12H,2H2,1H3. The second-order valence-corrected chi connectivity index (χ2v) is 4.61. The Morgan fingerprint density at radius 1 is 1.15 bits per heavy atom. The molecule has 0 amide bonds. The fourth-order valence-corrected chi connectivity index (χ4v) is 1.91. The quantitative estimate of drug-likeness (QED) is 0.591. The van der Waals surface area contributed by atoms with Gasteiger partial charge in [0.2, 0.25) is 0 Å². The highest BCUT2D eigenvalue weighted by Crippen LogP contribution is 2.20. The number of ether oxygens (including phenoxy) is 1. The monoisotopic (exact) mass is 286 g/mol. The zero-order chi connectivity index (χ0) is 14.4. The number of carbonyl (C=O) groups is 1. The number of rotatable bonds is 5. The molecule has 102 valence electrons. The van der Waals surface area contributed by atoms with Gasteiger partial charge in [-0.05, 0) is 49.4 Å². The van der Waals surface area contributed by atoms with E-state index in [1.165, 1.54) is 0 Å². The van der Waals surface area contributed by atoms with Crippen LogP contribution in [0, 0.1) is 0 Å². The third-order valence-corrected chi connectivity index (χ3v) is 3.01. The Kier molecular flexibility index (Phi) is 4.97. The van der Waals surface area contributed by atoms with E-state index in [1.54, 1.807) is 36.4 Å². The summed E-state index contributed by atoms with van der Waals surface area (Å²) < 4.78 is 5.51. The first-order valence-electron chi connectivity index (χ1n) is 6.40. The minimum atomic E-state index is -0.0621. The van der Waals surface area contributed by atoms with E-state index in [0.717, 1.165) is 11.3 Å². The summed E-state index contributed by atoms with van der Waals surface area (Å²) in [6, 6.07) is 14.4. The molecule has 0 radical (unpaired) electrons. The van der Waals surface area contributed by atoms with Gasteiger partial charge in [-0.25, -0.2) is 0 Å². The van der Waals surface area contributed by atoms with Crippen LogP contribution in [0.3, 0.4) is 0 Å². The van der Waals surface area contributed by atoms with Crippen LogP contribution < -0.4 is 4.74 Å². The minimum Gasteiger partial charge on any atom is -0.493 e. The van der Waals surface area contributed by atoms with E-state index in [9.17, 15) is 4.79 Å². The summed E-state index contributed by atoms with van der Waals surface area (Å²) in [7, 11) is 0. The van der Waals surface area contributed by atoms with Crippen molar-refractivity contribution in [2.75, 3.05) is 6.61 Å². The van der Waals surface area contributed by atoms with Gasteiger partial charge in [0.25, 0.3) is 0 Å². The number of hydrogen-bond acceptors (Lipinski definition) is 2. The topological polar surface area (TPSA) is 26.3 Å². The van der Waals surface area contributed by atoms with Gasteiger partial charge >= 0.3 is 0 Å². The van der Waals surface area contributed by atoms with Gasteiger partial charge in [0.1, 0.15) is 5.75 Å². The zero-order valence-corrected chi connectivity index (χ0v) is 11.9. The van der Waals surface area contributed by atoms with Crippen LogP contribution in [0.1, 0.15) is 22.8 Å². The normalized spacial score (nSPS) is 10.7. The van der Waals surface area contributed by atoms with Crippen molar-refractivity contribution in [3.63, 3.8) is 0 Å². The molecule has 2 aromatic rings. The van der Waals surface area contributed by atoms with Crippen LogP contribution in [0.25, 0.3) is 6.08 Å². The molecule has 0 heterocycles. The van der Waals surface area contributed by atoms with Gasteiger partial charge in [0.05, 0.1) is 6.61 Å². The van der Waals surface area contributed by atoms with E-state index in [2.05, 4.69) is 0 Å². The van der Waals surface area contributed by atoms with Gasteiger partial charge in [0.15, 0.2) is 5.78 Å². The van der Waals surface area contributed by atoms with Crippen LogP contribution in [0.2, 0.25) is 5.02 Å². The molecular weight excluding hydrogens is 272 g/mol. The van der Waals surface area contributed by atoms with Crippen LogP contribution in [0.15, 0.2) is 54.6 Å². The highest BCUT2D eigenvalue weighted by atomic mass is 35.5. The molecule has 2 rings (SSSR count). The van der Waals surface area contributed by atoms with Crippen molar-refractivity contribution in [2.45, 2.75) is 6.92 Å². The maximum Gasteiger partial charge on any atom is 0.185 e. The fraction of sp³-hybridized carbons (Fsp3) is 0.118. The Balaban J connectivity index is 2.17. The van der Waals surface area contributed by atoms with Crippen LogP contribution in [0.5, 0.6) is 5.75 Å². The number of benzene rings is 2. The molecule has 0 atom stereocenters. The van der Waals surface area contributed by atoms with Crippen molar-refractivity contribution in [1.29, 1.82) is 0 Å². The van der Waals surface area contributed by atoms with Crippen LogP contribution in [-0.4, -0.2) is 12.4 Å². The number of ketones is 1. The van der Waals surface area contributed by atoms with Crippen molar-refractivity contribution in [1.82, 2.24) is 0 Å². The number of carbonyl (C=O) groups excluding carboxylic acids is 1. The Hall–Kier alpha value is -2.06. The van der Waals surface area contributed by atoms with E-state index in [0.29, 0.717) is 17.2 Å². The van der Waals surface area contributed by atoms with Gasteiger partial charge in [-0.2, -0.15) is 0 Å². The molecule has 2 aromatic carbocycles. The van der Waals surface area contributed by atoms with Crippen molar-refractivity contribution in [2.24, 2.45) is 0 Å². The number of halogens is 1. The second kappa shape index (κ2) is 6.92. The molecule has 0 aromatic heterocycles. The average molecular weight is 287 g/mol. The van der Waals surface area contributed by atoms with E-state index in [1.807, 2.05) is 31.2 Å². The molecule has 0 saturated heterocycles. The van der Waals surface area contributed by atoms with Crippen molar-refractivity contribution in [3.05, 3.63) is 70.8 Å². The molecule has 0 fully saturated rings. The lowest BCUT2D eigenvalue weighted by atomic mass is 10.1. The van der Waals surface area contributed by atoms with Gasteiger partial charge in [-0.15, -0.1) is 0 Å². The predicted molar refractivity (Wildman–Crippen MR) is 82.4 cm³/mol. The maximum absolute atomic E-state index is 12.0. The SMILES string of the molecule is CCOc1ccccc1C=CC(=O)c1ccc(Cl)cc1. The van der Waals surface area contributed by atoms with Crippen molar-refractivity contribution >= 4 is 23.5 Å². The Labute approximate surface area is 123 Å². The Morgan fingerprint density at radius 2 is 1.85 bits per heavy atom. The lowest BCUT2D eigenvalue weighted by Gasteiger charge is -2.06. The molecule has 0 bridgehead atoms. The summed E-state index contributed by atoms with van der Waals surface area (Å²) >= 11 is 5.80. The lowest BCUT2D eigenvalue weighted by molar-refractivity contribution is 0.104. The van der Waals surface area contributed by atoms with E-state index in [4.69, 9.17) is 16.3 Å². The highest BCUT2D eigenvalue weighted by molar-refractivity contribution is 6.30. The molecule has 0 aliphatic carbocycles. The van der Waals surface area contributed by atoms with E-state index >= 15 is 0 Å². The molecule has 2 nitrogen and oxygen atoms in total. The molecule has 0 saturated carbocycles.